The fourth-order valence-electron chi connectivity index (χ4n) is 3.35. The van der Waals surface area contributed by atoms with Crippen LogP contribution in [-0.4, -0.2) is 44.0 Å². The molecule has 0 aliphatic carbocycles. The molecule has 1 unspecified atom stereocenters. The molecule has 144 valence electrons. The molecule has 3 aromatic rings. The van der Waals surface area contributed by atoms with Gasteiger partial charge in [0.25, 0.3) is 5.91 Å². The number of amides is 1. The second-order valence-electron chi connectivity index (χ2n) is 6.69. The van der Waals surface area contributed by atoms with E-state index in [1.165, 1.54) is 0 Å². The molecule has 28 heavy (non-hydrogen) atoms. The Labute approximate surface area is 171 Å². The van der Waals surface area contributed by atoms with Crippen LogP contribution >= 0.6 is 23.2 Å². The molecule has 0 radical (unpaired) electrons. The molecule has 1 amide bonds. The highest BCUT2D eigenvalue weighted by molar-refractivity contribution is 6.36. The maximum atomic E-state index is 12.9. The molecular weight excluding hydrogens is 401 g/mol. The van der Waals surface area contributed by atoms with Gasteiger partial charge < -0.3 is 9.42 Å². The molecule has 1 aliphatic rings. The summed E-state index contributed by atoms with van der Waals surface area (Å²) in [6, 6.07) is 4.93. The number of hydrogen-bond acceptors (Lipinski definition) is 6. The van der Waals surface area contributed by atoms with Crippen LogP contribution in [0.5, 0.6) is 0 Å². The molecule has 1 fully saturated rings. The normalized spacial score (nSPS) is 16.9. The molecule has 0 spiro atoms. The molecule has 2 aromatic heterocycles. The van der Waals surface area contributed by atoms with E-state index in [1.54, 1.807) is 36.8 Å². The number of benzene rings is 1. The summed E-state index contributed by atoms with van der Waals surface area (Å²) in [5.41, 5.74) is 1.03. The predicted molar refractivity (Wildman–Crippen MR) is 104 cm³/mol. The van der Waals surface area contributed by atoms with Gasteiger partial charge >= 0.3 is 0 Å². The lowest BCUT2D eigenvalue weighted by molar-refractivity contribution is 0.0668. The zero-order valence-corrected chi connectivity index (χ0v) is 16.4. The molecule has 7 nitrogen and oxygen atoms in total. The lowest BCUT2D eigenvalue weighted by atomic mass is 9.94. The van der Waals surface area contributed by atoms with Gasteiger partial charge in [0.05, 0.1) is 16.8 Å². The lowest BCUT2D eigenvalue weighted by Crippen LogP contribution is -2.40. The van der Waals surface area contributed by atoms with Crippen molar-refractivity contribution in [3.05, 3.63) is 58.3 Å². The van der Waals surface area contributed by atoms with Gasteiger partial charge in [-0.2, -0.15) is 4.98 Å². The average molecular weight is 418 g/mol. The molecular formula is C19H17Cl2N5O2. The zero-order chi connectivity index (χ0) is 19.5. The van der Waals surface area contributed by atoms with E-state index in [4.69, 9.17) is 27.7 Å². The van der Waals surface area contributed by atoms with Gasteiger partial charge in [0.15, 0.2) is 0 Å². The average Bonchev–Trinajstić information content (AvgIpc) is 3.17. The van der Waals surface area contributed by atoms with Gasteiger partial charge in [-0.05, 0) is 37.0 Å². The SMILES string of the molecule is O=C(c1ccc(Cl)cc1Cl)N1CCCC(Cc2nc(-c3cnccn3)no2)C1. The zero-order valence-electron chi connectivity index (χ0n) is 14.9. The monoisotopic (exact) mass is 417 g/mol. The second-order valence-corrected chi connectivity index (χ2v) is 7.53. The molecule has 3 heterocycles. The predicted octanol–water partition coefficient (Wildman–Crippen LogP) is 3.93. The van der Waals surface area contributed by atoms with Crippen LogP contribution in [0.15, 0.2) is 41.3 Å². The quantitative estimate of drug-likeness (QED) is 0.639. The summed E-state index contributed by atoms with van der Waals surface area (Å²) in [5.74, 6) is 1.10. The minimum atomic E-state index is -0.0860. The first-order valence-electron chi connectivity index (χ1n) is 8.93. The number of carbonyl (C=O) groups excluding carboxylic acids is 1. The summed E-state index contributed by atoms with van der Waals surface area (Å²) in [4.78, 5) is 27.3. The van der Waals surface area contributed by atoms with Crippen molar-refractivity contribution in [2.24, 2.45) is 5.92 Å². The van der Waals surface area contributed by atoms with Gasteiger partial charge in [0.2, 0.25) is 11.7 Å². The first kappa shape index (κ1) is 18.8. The van der Waals surface area contributed by atoms with Crippen LogP contribution in [0.25, 0.3) is 11.5 Å². The van der Waals surface area contributed by atoms with Crippen molar-refractivity contribution >= 4 is 29.1 Å². The van der Waals surface area contributed by atoms with Crippen molar-refractivity contribution in [3.63, 3.8) is 0 Å². The highest BCUT2D eigenvalue weighted by atomic mass is 35.5. The first-order chi connectivity index (χ1) is 13.6. The molecule has 4 rings (SSSR count). The third kappa shape index (κ3) is 4.15. The Kier molecular flexibility index (Phi) is 5.54. The van der Waals surface area contributed by atoms with Crippen molar-refractivity contribution in [1.29, 1.82) is 0 Å². The minimum absolute atomic E-state index is 0.0860. The topological polar surface area (TPSA) is 85.0 Å². The highest BCUT2D eigenvalue weighted by Crippen LogP contribution is 2.26. The number of halogens is 2. The summed E-state index contributed by atoms with van der Waals surface area (Å²) in [7, 11) is 0. The van der Waals surface area contributed by atoms with Gasteiger partial charge in [-0.1, -0.05) is 28.4 Å². The van der Waals surface area contributed by atoms with Gasteiger partial charge in [0, 0.05) is 36.9 Å². The Hall–Kier alpha value is -2.51. The van der Waals surface area contributed by atoms with Crippen LogP contribution < -0.4 is 0 Å². The van der Waals surface area contributed by atoms with E-state index < -0.39 is 0 Å². The largest absolute Gasteiger partial charge is 0.339 e. The van der Waals surface area contributed by atoms with E-state index in [0.717, 1.165) is 12.8 Å². The van der Waals surface area contributed by atoms with E-state index in [9.17, 15) is 4.79 Å². The number of rotatable bonds is 4. The summed E-state index contributed by atoms with van der Waals surface area (Å²) in [6.07, 6.45) is 7.26. The number of carbonyl (C=O) groups is 1. The molecule has 1 aliphatic heterocycles. The molecule has 0 bridgehead atoms. The number of likely N-dealkylation sites (tertiary alicyclic amines) is 1. The Balaban J connectivity index is 1.43. The van der Waals surface area contributed by atoms with Crippen LogP contribution in [0.1, 0.15) is 29.1 Å². The fourth-order valence-corrected chi connectivity index (χ4v) is 3.84. The third-order valence-corrected chi connectivity index (χ3v) is 5.24. The van der Waals surface area contributed by atoms with Crippen LogP contribution in [0, 0.1) is 5.92 Å². The van der Waals surface area contributed by atoms with Crippen LogP contribution in [0.3, 0.4) is 0 Å². The Morgan fingerprint density at radius 3 is 2.96 bits per heavy atom. The fraction of sp³-hybridized carbons (Fsp3) is 0.316. The number of nitrogens with zero attached hydrogens (tertiary/aromatic N) is 5. The van der Waals surface area contributed by atoms with Gasteiger partial charge in [-0.15, -0.1) is 0 Å². The Bertz CT molecular complexity index is 979. The van der Waals surface area contributed by atoms with Gasteiger partial charge in [0.1, 0.15) is 5.69 Å². The summed E-state index contributed by atoms with van der Waals surface area (Å²) in [5, 5.41) is 4.85. The minimum Gasteiger partial charge on any atom is -0.339 e. The van der Waals surface area contributed by atoms with Crippen molar-refractivity contribution in [3.8, 4) is 11.5 Å². The Morgan fingerprint density at radius 2 is 2.18 bits per heavy atom. The molecule has 1 atom stereocenters. The maximum absolute atomic E-state index is 12.9. The first-order valence-corrected chi connectivity index (χ1v) is 9.69. The Morgan fingerprint density at radius 1 is 1.29 bits per heavy atom. The van der Waals surface area contributed by atoms with Crippen molar-refractivity contribution < 1.29 is 9.32 Å². The summed E-state index contributed by atoms with van der Waals surface area (Å²) < 4.78 is 5.37. The molecule has 0 saturated carbocycles. The molecule has 0 N–H and O–H groups in total. The smallest absolute Gasteiger partial charge is 0.255 e. The van der Waals surface area contributed by atoms with Crippen molar-refractivity contribution in [2.75, 3.05) is 13.1 Å². The molecule has 9 heteroatoms. The highest BCUT2D eigenvalue weighted by Gasteiger charge is 2.27. The molecule has 1 aromatic carbocycles. The number of piperidine rings is 1. The lowest BCUT2D eigenvalue weighted by Gasteiger charge is -2.32. The van der Waals surface area contributed by atoms with E-state index in [0.29, 0.717) is 52.5 Å². The van der Waals surface area contributed by atoms with Gasteiger partial charge in [-0.3, -0.25) is 9.78 Å². The van der Waals surface area contributed by atoms with E-state index in [2.05, 4.69) is 20.1 Å². The van der Waals surface area contributed by atoms with E-state index in [1.807, 2.05) is 4.90 Å². The summed E-state index contributed by atoms with van der Waals surface area (Å²) >= 11 is 12.1. The maximum Gasteiger partial charge on any atom is 0.255 e. The van der Waals surface area contributed by atoms with Gasteiger partial charge in [-0.25, -0.2) is 4.98 Å². The van der Waals surface area contributed by atoms with E-state index in [-0.39, 0.29) is 11.8 Å². The van der Waals surface area contributed by atoms with Crippen LogP contribution in [-0.2, 0) is 6.42 Å². The summed E-state index contributed by atoms with van der Waals surface area (Å²) in [6.45, 7) is 1.31. The third-order valence-electron chi connectivity index (χ3n) is 4.69. The second kappa shape index (κ2) is 8.24. The van der Waals surface area contributed by atoms with E-state index >= 15 is 0 Å². The van der Waals surface area contributed by atoms with Crippen LogP contribution in [0.4, 0.5) is 0 Å². The number of aromatic nitrogens is 4. The molecule has 1 saturated heterocycles. The van der Waals surface area contributed by atoms with Crippen molar-refractivity contribution in [1.82, 2.24) is 25.0 Å². The standard InChI is InChI=1S/C19H17Cl2N5O2/c20-13-3-4-14(15(21)9-13)19(27)26-7-1-2-12(11-26)8-17-24-18(25-28-17)16-10-22-5-6-23-16/h3-6,9-10,12H,1-2,7-8,11H2. The van der Waals surface area contributed by atoms with Crippen molar-refractivity contribution in [2.45, 2.75) is 19.3 Å². The number of hydrogen-bond donors (Lipinski definition) is 0. The van der Waals surface area contributed by atoms with Crippen LogP contribution in [0.2, 0.25) is 10.0 Å².